The first kappa shape index (κ1) is 20.7. The van der Waals surface area contributed by atoms with Crippen LogP contribution in [0.1, 0.15) is 105 Å². The lowest BCUT2D eigenvalue weighted by Gasteiger charge is -2.41. The van der Waals surface area contributed by atoms with Crippen LogP contribution in [0, 0.1) is 0 Å². The molecule has 3 fully saturated rings. The number of aromatic nitrogens is 1. The second kappa shape index (κ2) is 9.15. The van der Waals surface area contributed by atoms with Gasteiger partial charge in [-0.15, -0.1) is 0 Å². The molecule has 0 radical (unpaired) electrons. The van der Waals surface area contributed by atoms with Crippen molar-refractivity contribution in [2.45, 2.75) is 102 Å². The van der Waals surface area contributed by atoms with Crippen LogP contribution in [0.3, 0.4) is 0 Å². The van der Waals surface area contributed by atoms with E-state index in [9.17, 15) is 9.90 Å². The van der Waals surface area contributed by atoms with Crippen LogP contribution in [0.5, 0.6) is 0 Å². The maximum absolute atomic E-state index is 14.1. The zero-order valence-electron chi connectivity index (χ0n) is 18.4. The molecule has 0 atom stereocenters. The third kappa shape index (κ3) is 4.30. The molecule has 5 heteroatoms. The van der Waals surface area contributed by atoms with Gasteiger partial charge in [-0.25, -0.2) is 0 Å². The van der Waals surface area contributed by atoms with Gasteiger partial charge in [0.15, 0.2) is 5.69 Å². The number of nitrogens with zero attached hydrogens (tertiary/aromatic N) is 2. The van der Waals surface area contributed by atoms with Gasteiger partial charge >= 0.3 is 0 Å². The number of amides is 1. The first-order chi connectivity index (χ1) is 15.3. The zero-order valence-corrected chi connectivity index (χ0v) is 18.4. The molecule has 0 spiro atoms. The van der Waals surface area contributed by atoms with Gasteiger partial charge in [0.2, 0.25) is 0 Å². The Morgan fingerprint density at radius 1 is 0.903 bits per heavy atom. The molecule has 1 N–H and O–H groups in total. The molecular formula is C26H34N2O3. The zero-order chi connectivity index (χ0) is 21.2. The van der Waals surface area contributed by atoms with Gasteiger partial charge in [0.05, 0.1) is 12.2 Å². The molecule has 1 heterocycles. The molecule has 1 aromatic heterocycles. The Balaban J connectivity index is 1.52. The van der Waals surface area contributed by atoms with Gasteiger partial charge in [-0.1, -0.05) is 67.9 Å². The summed E-state index contributed by atoms with van der Waals surface area (Å²) in [5.74, 6) is 1.31. The first-order valence-electron chi connectivity index (χ1n) is 12.3. The van der Waals surface area contributed by atoms with Crippen molar-refractivity contribution < 1.29 is 14.4 Å². The Morgan fingerprint density at radius 2 is 1.48 bits per heavy atom. The lowest BCUT2D eigenvalue weighted by atomic mass is 9.88. The molecule has 2 aromatic rings. The lowest BCUT2D eigenvalue weighted by Crippen LogP contribution is -2.49. The summed E-state index contributed by atoms with van der Waals surface area (Å²) in [7, 11) is 0. The van der Waals surface area contributed by atoms with Gasteiger partial charge in [-0.05, 0) is 49.7 Å². The van der Waals surface area contributed by atoms with Crippen LogP contribution in [-0.2, 0) is 6.61 Å². The molecule has 3 saturated carbocycles. The van der Waals surface area contributed by atoms with E-state index in [1.165, 1.54) is 38.5 Å². The third-order valence-electron chi connectivity index (χ3n) is 7.47. The minimum absolute atomic E-state index is 0.0162. The summed E-state index contributed by atoms with van der Waals surface area (Å²) in [5, 5.41) is 13.8. The van der Waals surface area contributed by atoms with E-state index in [-0.39, 0.29) is 12.5 Å². The Morgan fingerprint density at radius 3 is 2.00 bits per heavy atom. The van der Waals surface area contributed by atoms with E-state index in [1.807, 2.05) is 24.3 Å². The quantitative estimate of drug-likeness (QED) is 0.637. The Hall–Kier alpha value is -2.14. The Labute approximate surface area is 184 Å². The number of carbonyl (C=O) groups is 1. The van der Waals surface area contributed by atoms with Gasteiger partial charge < -0.3 is 14.5 Å². The number of aliphatic hydroxyl groups excluding tert-OH is 1. The van der Waals surface area contributed by atoms with E-state index in [0.717, 1.165) is 61.0 Å². The number of rotatable bonds is 6. The fourth-order valence-electron chi connectivity index (χ4n) is 5.60. The Kier molecular flexibility index (Phi) is 6.13. The van der Waals surface area contributed by atoms with E-state index >= 15 is 0 Å². The van der Waals surface area contributed by atoms with Crippen molar-refractivity contribution in [2.75, 3.05) is 0 Å². The number of hydrogen-bond acceptors (Lipinski definition) is 4. The van der Waals surface area contributed by atoms with Gasteiger partial charge in [0.1, 0.15) is 5.76 Å². The normalized spacial score (nSPS) is 20.7. The van der Waals surface area contributed by atoms with E-state index < -0.39 is 0 Å². The summed E-state index contributed by atoms with van der Waals surface area (Å²) in [4.78, 5) is 16.3. The third-order valence-corrected chi connectivity index (χ3v) is 7.47. The van der Waals surface area contributed by atoms with Crippen LogP contribution >= 0.6 is 0 Å². The van der Waals surface area contributed by atoms with Crippen molar-refractivity contribution in [3.05, 3.63) is 41.3 Å². The predicted octanol–water partition coefficient (Wildman–Crippen LogP) is 5.82. The molecule has 0 saturated heterocycles. The highest BCUT2D eigenvalue weighted by atomic mass is 16.5. The maximum atomic E-state index is 14.1. The molecule has 1 aromatic carbocycles. The average Bonchev–Trinajstić information content (AvgIpc) is 3.58. The highest BCUT2D eigenvalue weighted by molar-refractivity contribution is 6.00. The second-order valence-electron chi connectivity index (χ2n) is 9.70. The predicted molar refractivity (Wildman–Crippen MR) is 120 cm³/mol. The van der Waals surface area contributed by atoms with Crippen LogP contribution in [0.25, 0.3) is 11.1 Å². The molecule has 1 amide bonds. The van der Waals surface area contributed by atoms with Gasteiger partial charge in [-0.2, -0.15) is 0 Å². The average molecular weight is 423 g/mol. The van der Waals surface area contributed by atoms with Gasteiger partial charge in [0, 0.05) is 18.0 Å². The number of carbonyl (C=O) groups excluding carboxylic acids is 1. The first-order valence-corrected chi connectivity index (χ1v) is 12.3. The SMILES string of the molecule is O=C(c1noc(C2CC2)c1-c1ccc(CO)cc1)N(C1CCCCC1)C1CCCCC1. The van der Waals surface area contributed by atoms with Crippen molar-refractivity contribution in [3.8, 4) is 11.1 Å². The van der Waals surface area contributed by atoms with Crippen LogP contribution in [0.4, 0.5) is 0 Å². The van der Waals surface area contributed by atoms with Crippen molar-refractivity contribution in [2.24, 2.45) is 0 Å². The number of hydrogen-bond donors (Lipinski definition) is 1. The minimum atomic E-state index is 0.0162. The van der Waals surface area contributed by atoms with E-state index in [4.69, 9.17) is 4.52 Å². The summed E-state index contributed by atoms with van der Waals surface area (Å²) >= 11 is 0. The fourth-order valence-corrected chi connectivity index (χ4v) is 5.60. The summed E-state index contributed by atoms with van der Waals surface area (Å²) in [6.45, 7) is 0.0162. The molecule has 5 rings (SSSR count). The highest BCUT2D eigenvalue weighted by Gasteiger charge is 2.39. The topological polar surface area (TPSA) is 66.6 Å². The minimum Gasteiger partial charge on any atom is -0.392 e. The summed E-state index contributed by atoms with van der Waals surface area (Å²) in [6, 6.07) is 8.49. The van der Waals surface area contributed by atoms with Crippen molar-refractivity contribution in [3.63, 3.8) is 0 Å². The highest BCUT2D eigenvalue weighted by Crippen LogP contribution is 2.46. The number of benzene rings is 1. The Bertz CT molecular complexity index is 870. The van der Waals surface area contributed by atoms with Crippen LogP contribution in [-0.4, -0.2) is 33.2 Å². The largest absolute Gasteiger partial charge is 0.392 e. The van der Waals surface area contributed by atoms with E-state index in [1.54, 1.807) is 0 Å². The van der Waals surface area contributed by atoms with Crippen LogP contribution < -0.4 is 0 Å². The van der Waals surface area contributed by atoms with Crippen LogP contribution in [0.15, 0.2) is 28.8 Å². The summed E-state index contributed by atoms with van der Waals surface area (Å²) < 4.78 is 5.83. The molecule has 5 nitrogen and oxygen atoms in total. The van der Waals surface area contributed by atoms with E-state index in [2.05, 4.69) is 10.1 Å². The molecule has 0 unspecified atom stereocenters. The maximum Gasteiger partial charge on any atom is 0.277 e. The van der Waals surface area contributed by atoms with Gasteiger partial charge in [0.25, 0.3) is 5.91 Å². The standard InChI is InChI=1S/C26H34N2O3/c29-17-18-11-13-19(14-12-18)23-24(27-31-25(23)20-15-16-20)26(30)28(21-7-3-1-4-8-21)22-9-5-2-6-10-22/h11-14,20-22,29H,1-10,15-17H2. The summed E-state index contributed by atoms with van der Waals surface area (Å²) in [6.07, 6.45) is 14.0. The van der Waals surface area contributed by atoms with Crippen molar-refractivity contribution >= 4 is 5.91 Å². The summed E-state index contributed by atoms with van der Waals surface area (Å²) in [5.41, 5.74) is 3.21. The van der Waals surface area contributed by atoms with Crippen LogP contribution in [0.2, 0.25) is 0 Å². The van der Waals surface area contributed by atoms with Crippen molar-refractivity contribution in [1.29, 1.82) is 0 Å². The smallest absolute Gasteiger partial charge is 0.277 e. The molecular weight excluding hydrogens is 388 g/mol. The molecule has 3 aliphatic rings. The second-order valence-corrected chi connectivity index (χ2v) is 9.70. The van der Waals surface area contributed by atoms with E-state index in [0.29, 0.717) is 23.7 Å². The van der Waals surface area contributed by atoms with Gasteiger partial charge in [-0.3, -0.25) is 4.79 Å². The lowest BCUT2D eigenvalue weighted by molar-refractivity contribution is 0.0439. The molecule has 166 valence electrons. The molecule has 31 heavy (non-hydrogen) atoms. The number of aliphatic hydroxyl groups is 1. The monoisotopic (exact) mass is 422 g/mol. The molecule has 0 aliphatic heterocycles. The molecule has 0 bridgehead atoms. The fraction of sp³-hybridized carbons (Fsp3) is 0.615. The van der Waals surface area contributed by atoms with Crippen molar-refractivity contribution in [1.82, 2.24) is 10.1 Å². The molecule has 3 aliphatic carbocycles.